The number of ether oxygens (including phenoxy) is 1. The van der Waals surface area contributed by atoms with Crippen molar-refractivity contribution in [3.05, 3.63) is 30.1 Å². The predicted molar refractivity (Wildman–Crippen MR) is 122 cm³/mol. The molecule has 1 saturated heterocycles. The molecule has 1 aromatic carbocycles. The summed E-state index contributed by atoms with van der Waals surface area (Å²) in [6.07, 6.45) is 7.44. The zero-order valence-electron chi connectivity index (χ0n) is 18.5. The van der Waals surface area contributed by atoms with E-state index in [1.807, 2.05) is 4.57 Å². The van der Waals surface area contributed by atoms with Crippen LogP contribution >= 0.6 is 11.8 Å². The first-order chi connectivity index (χ1) is 15.6. The van der Waals surface area contributed by atoms with E-state index in [0.717, 1.165) is 36.8 Å². The molecular weight excluding hydrogens is 427 g/mol. The van der Waals surface area contributed by atoms with Crippen molar-refractivity contribution in [2.45, 2.75) is 69.3 Å². The van der Waals surface area contributed by atoms with Crippen molar-refractivity contribution in [3.8, 4) is 11.4 Å². The van der Waals surface area contributed by atoms with Crippen LogP contribution in [0.15, 0.2) is 29.4 Å². The van der Waals surface area contributed by atoms with Crippen LogP contribution in [0.4, 0.5) is 4.39 Å². The average Bonchev–Trinajstić information content (AvgIpc) is 3.59. The van der Waals surface area contributed by atoms with E-state index in [1.54, 1.807) is 12.1 Å². The molecule has 1 N–H and O–H groups in total. The van der Waals surface area contributed by atoms with Gasteiger partial charge in [-0.2, -0.15) is 0 Å². The van der Waals surface area contributed by atoms with Gasteiger partial charge < -0.3 is 10.1 Å². The van der Waals surface area contributed by atoms with E-state index in [9.17, 15) is 9.18 Å². The molecule has 172 valence electrons. The van der Waals surface area contributed by atoms with E-state index < -0.39 is 0 Å². The smallest absolute Gasteiger partial charge is 0.230 e. The van der Waals surface area contributed by atoms with Crippen LogP contribution in [0.25, 0.3) is 11.4 Å². The number of aromatic nitrogens is 3. The van der Waals surface area contributed by atoms with Gasteiger partial charge in [-0.25, -0.2) is 4.39 Å². The fourth-order valence-electron chi connectivity index (χ4n) is 5.80. The van der Waals surface area contributed by atoms with Gasteiger partial charge in [0.25, 0.3) is 0 Å². The first kappa shape index (κ1) is 21.9. The highest BCUT2D eigenvalue weighted by Crippen LogP contribution is 2.49. The third kappa shape index (κ3) is 4.71. The molecule has 2 aliphatic carbocycles. The number of amides is 1. The normalized spacial score (nSPS) is 27.7. The Balaban J connectivity index is 1.25. The number of hydrogen-bond donors (Lipinski definition) is 1. The van der Waals surface area contributed by atoms with Gasteiger partial charge in [0.1, 0.15) is 5.82 Å². The molecule has 2 saturated carbocycles. The van der Waals surface area contributed by atoms with Crippen molar-refractivity contribution in [2.24, 2.45) is 17.8 Å². The lowest BCUT2D eigenvalue weighted by Crippen LogP contribution is -2.41. The molecule has 2 aromatic rings. The van der Waals surface area contributed by atoms with Crippen LogP contribution in [0.5, 0.6) is 0 Å². The van der Waals surface area contributed by atoms with Gasteiger partial charge in [0.05, 0.1) is 18.4 Å². The Bertz CT molecular complexity index is 944. The van der Waals surface area contributed by atoms with E-state index in [4.69, 9.17) is 4.74 Å². The molecule has 1 aliphatic heterocycles. The molecule has 6 nitrogen and oxygen atoms in total. The average molecular weight is 459 g/mol. The quantitative estimate of drug-likeness (QED) is 0.598. The molecule has 8 heteroatoms. The third-order valence-corrected chi connectivity index (χ3v) is 8.35. The van der Waals surface area contributed by atoms with Crippen LogP contribution in [-0.4, -0.2) is 45.2 Å². The van der Waals surface area contributed by atoms with E-state index >= 15 is 0 Å². The molecule has 0 spiro atoms. The number of hydrogen-bond acceptors (Lipinski definition) is 5. The van der Waals surface area contributed by atoms with Gasteiger partial charge in [-0.1, -0.05) is 18.2 Å². The van der Waals surface area contributed by atoms with Gasteiger partial charge in [0.15, 0.2) is 11.0 Å². The zero-order valence-corrected chi connectivity index (χ0v) is 19.3. The lowest BCUT2D eigenvalue weighted by molar-refractivity contribution is -0.119. The minimum absolute atomic E-state index is 0.0419. The van der Waals surface area contributed by atoms with Crippen LogP contribution in [0.2, 0.25) is 0 Å². The molecular formula is C24H31FN4O2S. The highest BCUT2D eigenvalue weighted by molar-refractivity contribution is 7.99. The van der Waals surface area contributed by atoms with E-state index in [0.29, 0.717) is 29.2 Å². The van der Waals surface area contributed by atoms with Crippen LogP contribution in [0.1, 0.15) is 45.4 Å². The molecule has 1 amide bonds. The summed E-state index contributed by atoms with van der Waals surface area (Å²) in [5, 5.41) is 12.7. The molecule has 3 aliphatic rings. The minimum Gasteiger partial charge on any atom is -0.376 e. The summed E-state index contributed by atoms with van der Waals surface area (Å²) in [6.45, 7) is 3.55. The Morgan fingerprint density at radius 3 is 2.78 bits per heavy atom. The van der Waals surface area contributed by atoms with Gasteiger partial charge in [0, 0.05) is 18.2 Å². The first-order valence-electron chi connectivity index (χ1n) is 11.8. The van der Waals surface area contributed by atoms with Crippen LogP contribution in [-0.2, 0) is 16.1 Å². The molecule has 0 radical (unpaired) electrons. The second-order valence-electron chi connectivity index (χ2n) is 9.54. The van der Waals surface area contributed by atoms with E-state index in [1.165, 1.54) is 49.6 Å². The lowest BCUT2D eigenvalue weighted by atomic mass is 9.84. The van der Waals surface area contributed by atoms with Crippen molar-refractivity contribution in [1.29, 1.82) is 0 Å². The SMILES string of the molecule is C[C@H](NC(=O)CSc1nnc(-c2ccc(F)cc2)n1C[C@@H]1CCCO1)[C@@H]1C[C@@H]2CC[C@@H]1C2. The number of rotatable bonds is 8. The molecule has 1 aromatic heterocycles. The summed E-state index contributed by atoms with van der Waals surface area (Å²) in [5.41, 5.74) is 0.804. The van der Waals surface area contributed by atoms with Crippen LogP contribution < -0.4 is 5.32 Å². The number of nitrogens with one attached hydrogen (secondary N) is 1. The number of carbonyl (C=O) groups excluding carboxylic acids is 1. The molecule has 32 heavy (non-hydrogen) atoms. The number of fused-ring (bicyclic) bond motifs is 2. The molecule has 5 rings (SSSR count). The van der Waals surface area contributed by atoms with Crippen molar-refractivity contribution in [2.75, 3.05) is 12.4 Å². The number of carbonyl (C=O) groups is 1. The number of halogens is 1. The molecule has 5 atom stereocenters. The summed E-state index contributed by atoms with van der Waals surface area (Å²) in [4.78, 5) is 12.7. The Morgan fingerprint density at radius 1 is 1.25 bits per heavy atom. The summed E-state index contributed by atoms with van der Waals surface area (Å²) < 4.78 is 21.2. The molecule has 3 fully saturated rings. The molecule has 2 heterocycles. The van der Waals surface area contributed by atoms with Crippen molar-refractivity contribution in [1.82, 2.24) is 20.1 Å². The van der Waals surface area contributed by atoms with E-state index in [-0.39, 0.29) is 23.9 Å². The van der Waals surface area contributed by atoms with Gasteiger partial charge >= 0.3 is 0 Å². The number of nitrogens with zero attached hydrogens (tertiary/aromatic N) is 3. The van der Waals surface area contributed by atoms with Crippen molar-refractivity contribution >= 4 is 17.7 Å². The van der Waals surface area contributed by atoms with Gasteiger partial charge in [-0.05, 0) is 81.0 Å². The Hall–Kier alpha value is -1.93. The van der Waals surface area contributed by atoms with Gasteiger partial charge in [-0.3, -0.25) is 9.36 Å². The van der Waals surface area contributed by atoms with Crippen LogP contribution in [0.3, 0.4) is 0 Å². The number of thioether (sulfide) groups is 1. The largest absolute Gasteiger partial charge is 0.376 e. The third-order valence-electron chi connectivity index (χ3n) is 7.39. The summed E-state index contributed by atoms with van der Waals surface area (Å²) >= 11 is 1.40. The highest BCUT2D eigenvalue weighted by atomic mass is 32.2. The zero-order chi connectivity index (χ0) is 22.1. The van der Waals surface area contributed by atoms with E-state index in [2.05, 4.69) is 22.4 Å². The molecule has 2 bridgehead atoms. The standard InChI is InChI=1S/C24H31FN4O2S/c1-15(21-12-16-4-5-18(21)11-16)26-22(30)14-32-24-28-27-23(17-6-8-19(25)9-7-17)29(24)13-20-3-2-10-31-20/h6-9,15-16,18,20-21H,2-5,10-14H2,1H3,(H,26,30)/t15-,16+,18+,20-,21-/m0/s1. The Labute approximate surface area is 192 Å². The highest BCUT2D eigenvalue weighted by Gasteiger charge is 2.42. The first-order valence-corrected chi connectivity index (χ1v) is 12.8. The molecule has 0 unspecified atom stereocenters. The van der Waals surface area contributed by atoms with Crippen LogP contribution in [0, 0.1) is 23.6 Å². The Morgan fingerprint density at radius 2 is 2.09 bits per heavy atom. The predicted octanol–water partition coefficient (Wildman–Crippen LogP) is 4.30. The lowest BCUT2D eigenvalue weighted by Gasteiger charge is -2.28. The minimum atomic E-state index is -0.283. The number of benzene rings is 1. The second kappa shape index (κ2) is 9.51. The second-order valence-corrected chi connectivity index (χ2v) is 10.5. The fourth-order valence-corrected chi connectivity index (χ4v) is 6.56. The van der Waals surface area contributed by atoms with Gasteiger partial charge in [-0.15, -0.1) is 10.2 Å². The monoisotopic (exact) mass is 458 g/mol. The van der Waals surface area contributed by atoms with Crippen molar-refractivity contribution in [3.63, 3.8) is 0 Å². The maximum atomic E-state index is 13.4. The topological polar surface area (TPSA) is 69.0 Å². The maximum absolute atomic E-state index is 13.4. The summed E-state index contributed by atoms with van der Waals surface area (Å²) in [5.74, 6) is 3.03. The fraction of sp³-hybridized carbons (Fsp3) is 0.625. The Kier molecular flexibility index (Phi) is 6.51. The van der Waals surface area contributed by atoms with Crippen molar-refractivity contribution < 1.29 is 13.9 Å². The maximum Gasteiger partial charge on any atom is 0.230 e. The van der Waals surface area contributed by atoms with Gasteiger partial charge in [0.2, 0.25) is 5.91 Å². The summed E-state index contributed by atoms with van der Waals surface area (Å²) in [7, 11) is 0. The summed E-state index contributed by atoms with van der Waals surface area (Å²) in [6, 6.07) is 6.50.